The second-order valence-corrected chi connectivity index (χ2v) is 3.60. The molecular formula is C8H13NO2. The van der Waals surface area contributed by atoms with E-state index in [1.165, 1.54) is 12.8 Å². The van der Waals surface area contributed by atoms with Crippen molar-refractivity contribution in [1.82, 2.24) is 5.32 Å². The number of hydrogen-bond acceptors (Lipinski definition) is 2. The van der Waals surface area contributed by atoms with E-state index in [4.69, 9.17) is 5.11 Å². The number of rotatable bonds is 2. The molecule has 0 amide bonds. The van der Waals surface area contributed by atoms with Gasteiger partial charge in [0.2, 0.25) is 0 Å². The Morgan fingerprint density at radius 2 is 2.09 bits per heavy atom. The van der Waals surface area contributed by atoms with Gasteiger partial charge in [-0.25, -0.2) is 0 Å². The average molecular weight is 155 g/mol. The van der Waals surface area contributed by atoms with Crippen LogP contribution in [0.5, 0.6) is 0 Å². The smallest absolute Gasteiger partial charge is 0.308 e. The number of carboxylic acids is 1. The summed E-state index contributed by atoms with van der Waals surface area (Å²) in [5.74, 6) is 0.410. The van der Waals surface area contributed by atoms with Crippen LogP contribution in [0.4, 0.5) is 0 Å². The quantitative estimate of drug-likeness (QED) is 0.603. The second-order valence-electron chi connectivity index (χ2n) is 3.60. The predicted octanol–water partition coefficient (Wildman–Crippen LogP) is 0.317. The van der Waals surface area contributed by atoms with Gasteiger partial charge < -0.3 is 10.4 Å². The van der Waals surface area contributed by atoms with Crippen molar-refractivity contribution in [2.24, 2.45) is 17.8 Å². The van der Waals surface area contributed by atoms with Gasteiger partial charge in [0.05, 0.1) is 5.92 Å². The van der Waals surface area contributed by atoms with E-state index < -0.39 is 5.97 Å². The molecule has 0 radical (unpaired) electrons. The Kier molecular flexibility index (Phi) is 1.60. The summed E-state index contributed by atoms with van der Waals surface area (Å²) in [7, 11) is 0. The first kappa shape index (κ1) is 7.10. The van der Waals surface area contributed by atoms with Gasteiger partial charge in [0.1, 0.15) is 0 Å². The third-order valence-corrected chi connectivity index (χ3v) is 2.81. The van der Waals surface area contributed by atoms with Crippen LogP contribution in [0.1, 0.15) is 12.8 Å². The maximum Gasteiger partial charge on any atom is 0.308 e. The van der Waals surface area contributed by atoms with Crippen molar-refractivity contribution in [1.29, 1.82) is 0 Å². The number of carboxylic acid groups (broad SMARTS) is 1. The van der Waals surface area contributed by atoms with Crippen LogP contribution in [0.15, 0.2) is 0 Å². The fraction of sp³-hybridized carbons (Fsp3) is 0.875. The molecule has 2 rings (SSSR count). The van der Waals surface area contributed by atoms with Gasteiger partial charge in [-0.3, -0.25) is 4.79 Å². The van der Waals surface area contributed by atoms with Crippen LogP contribution in [0, 0.1) is 17.8 Å². The van der Waals surface area contributed by atoms with Crippen molar-refractivity contribution in [2.45, 2.75) is 12.8 Å². The second kappa shape index (κ2) is 2.48. The Morgan fingerprint density at radius 3 is 2.64 bits per heavy atom. The fourth-order valence-corrected chi connectivity index (χ4v) is 1.99. The lowest BCUT2D eigenvalue weighted by Gasteiger charge is -2.12. The molecule has 2 fully saturated rings. The van der Waals surface area contributed by atoms with Crippen LogP contribution in [0.25, 0.3) is 0 Å². The van der Waals surface area contributed by atoms with E-state index in [2.05, 4.69) is 5.32 Å². The lowest BCUT2D eigenvalue weighted by atomic mass is 9.92. The van der Waals surface area contributed by atoms with Crippen LogP contribution in [0.3, 0.4) is 0 Å². The molecule has 1 aliphatic carbocycles. The van der Waals surface area contributed by atoms with Gasteiger partial charge in [-0.05, 0) is 31.2 Å². The van der Waals surface area contributed by atoms with E-state index in [9.17, 15) is 4.79 Å². The fourth-order valence-electron chi connectivity index (χ4n) is 1.99. The molecule has 1 heterocycles. The van der Waals surface area contributed by atoms with Crippen LogP contribution >= 0.6 is 0 Å². The highest BCUT2D eigenvalue weighted by molar-refractivity contribution is 5.71. The minimum atomic E-state index is -0.619. The van der Waals surface area contributed by atoms with E-state index in [0.29, 0.717) is 18.4 Å². The topological polar surface area (TPSA) is 49.3 Å². The number of aliphatic carboxylic acids is 1. The van der Waals surface area contributed by atoms with Crippen LogP contribution < -0.4 is 5.32 Å². The summed E-state index contributed by atoms with van der Waals surface area (Å²) in [6, 6.07) is 0. The summed E-state index contributed by atoms with van der Waals surface area (Å²) in [6.07, 6.45) is 2.49. The normalized spacial score (nSPS) is 37.5. The Morgan fingerprint density at radius 1 is 1.36 bits per heavy atom. The van der Waals surface area contributed by atoms with Crippen LogP contribution in [-0.2, 0) is 4.79 Å². The summed E-state index contributed by atoms with van der Waals surface area (Å²) in [4.78, 5) is 10.7. The molecule has 1 saturated heterocycles. The number of nitrogens with one attached hydrogen (secondary N) is 1. The zero-order valence-electron chi connectivity index (χ0n) is 6.42. The molecule has 3 heteroatoms. The first-order valence-electron chi connectivity index (χ1n) is 4.22. The van der Waals surface area contributed by atoms with Crippen LogP contribution in [0.2, 0.25) is 0 Å². The van der Waals surface area contributed by atoms with Crippen LogP contribution in [-0.4, -0.2) is 24.2 Å². The van der Waals surface area contributed by atoms with E-state index in [0.717, 1.165) is 6.54 Å². The highest BCUT2D eigenvalue weighted by atomic mass is 16.4. The summed E-state index contributed by atoms with van der Waals surface area (Å²) >= 11 is 0. The third kappa shape index (κ3) is 1.25. The van der Waals surface area contributed by atoms with E-state index in [1.54, 1.807) is 0 Å². The van der Waals surface area contributed by atoms with Gasteiger partial charge in [0, 0.05) is 6.54 Å². The lowest BCUT2D eigenvalue weighted by Crippen LogP contribution is -2.23. The van der Waals surface area contributed by atoms with E-state index in [1.807, 2.05) is 0 Å². The molecule has 2 aliphatic rings. The molecule has 0 aromatic heterocycles. The standard InChI is InChI=1S/C8H13NO2/c10-8(11)7-4-9-3-6(7)5-1-2-5/h5-7,9H,1-4H2,(H,10,11)/t6-,7+/m0/s1. The molecule has 3 nitrogen and oxygen atoms in total. The molecule has 2 N–H and O–H groups in total. The molecular weight excluding hydrogens is 142 g/mol. The minimum absolute atomic E-state index is 0.109. The SMILES string of the molecule is O=C(O)[C@@H]1CNC[C@H]1C1CC1. The van der Waals surface area contributed by atoms with Crippen molar-refractivity contribution in [3.05, 3.63) is 0 Å². The summed E-state index contributed by atoms with van der Waals surface area (Å²) in [5, 5.41) is 12.0. The molecule has 1 aliphatic heterocycles. The highest BCUT2D eigenvalue weighted by Gasteiger charge is 2.42. The number of carbonyl (C=O) groups is 1. The van der Waals surface area contributed by atoms with Crippen molar-refractivity contribution >= 4 is 5.97 Å². The van der Waals surface area contributed by atoms with Gasteiger partial charge in [-0.1, -0.05) is 0 Å². The monoisotopic (exact) mass is 155 g/mol. The largest absolute Gasteiger partial charge is 0.481 e. The Balaban J connectivity index is 2.01. The molecule has 0 spiro atoms. The van der Waals surface area contributed by atoms with Crippen molar-refractivity contribution in [2.75, 3.05) is 13.1 Å². The first-order valence-corrected chi connectivity index (χ1v) is 4.22. The van der Waals surface area contributed by atoms with Crippen molar-refractivity contribution < 1.29 is 9.90 Å². The van der Waals surface area contributed by atoms with Crippen molar-refractivity contribution in [3.63, 3.8) is 0 Å². The lowest BCUT2D eigenvalue weighted by molar-refractivity contribution is -0.142. The van der Waals surface area contributed by atoms with Gasteiger partial charge in [0.25, 0.3) is 0 Å². The summed E-state index contributed by atoms with van der Waals surface area (Å²) in [6.45, 7) is 1.60. The molecule has 0 aromatic rings. The van der Waals surface area contributed by atoms with Gasteiger partial charge in [-0.2, -0.15) is 0 Å². The summed E-state index contributed by atoms with van der Waals surface area (Å²) in [5.41, 5.74) is 0. The Hall–Kier alpha value is -0.570. The van der Waals surface area contributed by atoms with E-state index in [-0.39, 0.29) is 5.92 Å². The zero-order chi connectivity index (χ0) is 7.84. The predicted molar refractivity (Wildman–Crippen MR) is 40.2 cm³/mol. The molecule has 1 saturated carbocycles. The van der Waals surface area contributed by atoms with Crippen molar-refractivity contribution in [3.8, 4) is 0 Å². The summed E-state index contributed by atoms with van der Waals surface area (Å²) < 4.78 is 0. The number of hydrogen-bond donors (Lipinski definition) is 2. The Bertz CT molecular complexity index is 177. The molecule has 11 heavy (non-hydrogen) atoms. The third-order valence-electron chi connectivity index (χ3n) is 2.81. The zero-order valence-corrected chi connectivity index (χ0v) is 6.42. The minimum Gasteiger partial charge on any atom is -0.481 e. The van der Waals surface area contributed by atoms with Gasteiger partial charge in [-0.15, -0.1) is 0 Å². The molecule has 0 unspecified atom stereocenters. The Labute approximate surface area is 65.8 Å². The van der Waals surface area contributed by atoms with Gasteiger partial charge in [0.15, 0.2) is 0 Å². The highest BCUT2D eigenvalue weighted by Crippen LogP contribution is 2.41. The average Bonchev–Trinajstić information content (AvgIpc) is 2.68. The molecule has 0 aromatic carbocycles. The van der Waals surface area contributed by atoms with E-state index >= 15 is 0 Å². The maximum absolute atomic E-state index is 10.7. The first-order chi connectivity index (χ1) is 5.29. The maximum atomic E-state index is 10.7. The molecule has 0 bridgehead atoms. The molecule has 2 atom stereocenters. The van der Waals surface area contributed by atoms with Gasteiger partial charge >= 0.3 is 5.97 Å². The molecule has 62 valence electrons.